The first-order chi connectivity index (χ1) is 29.4. The van der Waals surface area contributed by atoms with Crippen LogP contribution < -0.4 is 0 Å². The molecule has 1 aliphatic heterocycles. The van der Waals surface area contributed by atoms with E-state index in [-0.39, 0.29) is 85.1 Å². The molecule has 3 amide bonds. The normalized spacial score (nSPS) is 18.0. The molecule has 0 bridgehead atoms. The van der Waals surface area contributed by atoms with Crippen LogP contribution in [0.15, 0.2) is 30.3 Å². The molecule has 13 nitrogen and oxygen atoms in total. The molecule has 9 atom stereocenters. The second kappa shape index (κ2) is 27.8. The van der Waals surface area contributed by atoms with Crippen molar-refractivity contribution in [3.63, 3.8) is 0 Å². The third-order valence-electron chi connectivity index (χ3n) is 12.9. The molecule has 1 aliphatic rings. The van der Waals surface area contributed by atoms with E-state index in [1.54, 1.807) is 40.3 Å². The first kappa shape index (κ1) is 54.8. The van der Waals surface area contributed by atoms with Gasteiger partial charge in [0.15, 0.2) is 5.78 Å². The Morgan fingerprint density at radius 2 is 1.50 bits per heavy atom. The minimum atomic E-state index is -0.708. The van der Waals surface area contributed by atoms with Gasteiger partial charge >= 0.3 is 5.97 Å². The number of carbonyl (C=O) groups excluding carboxylic acids is 5. The summed E-state index contributed by atoms with van der Waals surface area (Å²) in [6, 6.07) is 8.37. The zero-order chi connectivity index (χ0) is 46.7. The van der Waals surface area contributed by atoms with E-state index >= 15 is 0 Å². The summed E-state index contributed by atoms with van der Waals surface area (Å²) in [5.74, 6) is -2.74. The lowest BCUT2D eigenvalue weighted by atomic mass is 9.83. The Kier molecular flexibility index (Phi) is 24.6. The molecular weight excluding hydrogens is 811 g/mol. The van der Waals surface area contributed by atoms with Gasteiger partial charge in [-0.3, -0.25) is 24.0 Å². The van der Waals surface area contributed by atoms with Gasteiger partial charge in [-0.1, -0.05) is 97.4 Å². The summed E-state index contributed by atoms with van der Waals surface area (Å²) in [5.41, 5.74) is 1.02. The van der Waals surface area contributed by atoms with Crippen LogP contribution in [0.1, 0.15) is 99.0 Å². The fraction of sp³-hybridized carbons (Fsp3) is 0.750. The van der Waals surface area contributed by atoms with Crippen LogP contribution >= 0.6 is 12.2 Å². The molecule has 1 fully saturated rings. The number of methoxy groups -OCH3 is 4. The van der Waals surface area contributed by atoms with Crippen LogP contribution in [0.2, 0.25) is 0 Å². The van der Waals surface area contributed by atoms with Gasteiger partial charge in [0.1, 0.15) is 0 Å². The molecule has 0 saturated carbocycles. The summed E-state index contributed by atoms with van der Waals surface area (Å²) in [7, 11) is 9.57. The predicted molar refractivity (Wildman–Crippen MR) is 246 cm³/mol. The molecule has 62 heavy (non-hydrogen) atoms. The number of ketones is 1. The van der Waals surface area contributed by atoms with Crippen LogP contribution in [0.5, 0.6) is 0 Å². The van der Waals surface area contributed by atoms with Crippen molar-refractivity contribution >= 4 is 46.6 Å². The largest absolute Gasteiger partial charge is 0.469 e. The van der Waals surface area contributed by atoms with Gasteiger partial charge in [0.05, 0.1) is 76.0 Å². The average molecular weight is 890 g/mol. The van der Waals surface area contributed by atoms with E-state index in [0.29, 0.717) is 37.5 Å². The van der Waals surface area contributed by atoms with E-state index in [2.05, 4.69) is 6.92 Å². The number of Topliss-reactive ketones (excluding diaryl/α,β-unsaturated/α-hetero) is 1. The minimum Gasteiger partial charge on any atom is -0.469 e. The zero-order valence-electron chi connectivity index (χ0n) is 40.1. The maximum atomic E-state index is 14.6. The topological polar surface area (TPSA) is 141 Å². The first-order valence-electron chi connectivity index (χ1n) is 22.5. The Morgan fingerprint density at radius 1 is 0.839 bits per heavy atom. The molecule has 0 radical (unpaired) electrons. The number of ether oxygens (including phenoxy) is 5. The van der Waals surface area contributed by atoms with Crippen LogP contribution in [0, 0.1) is 35.5 Å². The summed E-state index contributed by atoms with van der Waals surface area (Å²) in [6.07, 6.45) is 2.20. The van der Waals surface area contributed by atoms with Gasteiger partial charge < -0.3 is 38.4 Å². The van der Waals surface area contributed by atoms with Crippen molar-refractivity contribution in [1.29, 1.82) is 0 Å². The Morgan fingerprint density at radius 3 is 2.05 bits per heavy atom. The molecule has 0 unspecified atom stereocenters. The molecule has 0 aliphatic carbocycles. The number of benzene rings is 1. The summed E-state index contributed by atoms with van der Waals surface area (Å²) >= 11 is 5.98. The molecule has 0 N–H and O–H groups in total. The van der Waals surface area contributed by atoms with Gasteiger partial charge in [0, 0.05) is 60.2 Å². The fourth-order valence-electron chi connectivity index (χ4n) is 9.05. The molecule has 2 rings (SSSR count). The fourth-order valence-corrected chi connectivity index (χ4v) is 9.39. The molecule has 0 spiro atoms. The SMILES string of the molecule is CC[C@H](C)[C@@H]([C@@H](CC(=O)N1CCC[C@H]1[C@H](OC)[C@@H](C)C(=S)C[C@@H](Cc1ccccc1)C(=O)OC)OC)N(C)C(=O)[C@@H](CC(=O)[C@H](C(C)C)N(C)C(=O)CCOCCOC)C(C)C. The lowest BCUT2D eigenvalue weighted by molar-refractivity contribution is -0.149. The second-order valence-electron chi connectivity index (χ2n) is 17.7. The molecule has 0 aromatic heterocycles. The number of esters is 1. The zero-order valence-corrected chi connectivity index (χ0v) is 40.9. The van der Waals surface area contributed by atoms with E-state index in [1.165, 1.54) is 12.0 Å². The maximum Gasteiger partial charge on any atom is 0.309 e. The second-order valence-corrected chi connectivity index (χ2v) is 18.3. The van der Waals surface area contributed by atoms with Gasteiger partial charge in [-0.2, -0.15) is 0 Å². The summed E-state index contributed by atoms with van der Waals surface area (Å²) in [5, 5.41) is 0. The van der Waals surface area contributed by atoms with E-state index in [4.69, 9.17) is 35.9 Å². The number of nitrogens with zero attached hydrogens (tertiary/aromatic N) is 3. The molecule has 352 valence electrons. The average Bonchev–Trinajstić information content (AvgIpc) is 3.74. The molecule has 1 aromatic rings. The standard InChI is InChI=1S/C48H79N3O10S/c1-14-33(6)45(50(9)47(55)37(31(2)3)29-39(52)44(32(4)5)49(8)42(53)22-24-61-26-25-57-10)40(58-11)30-43(54)51-23-18-21-38(51)46(59-12)34(7)41(62)28-36(48(56)60-13)27-35-19-16-15-17-20-35/h15-17,19-20,31-34,36-38,40,44-46H,14,18,21-30H2,1-13H3/t33-,34-,36+,37-,38-,40+,44-,45-,46+/m0/s1. The highest BCUT2D eigenvalue weighted by atomic mass is 32.1. The number of hydrogen-bond acceptors (Lipinski definition) is 11. The van der Waals surface area contributed by atoms with Crippen LogP contribution in [0.3, 0.4) is 0 Å². The number of amides is 3. The number of rotatable bonds is 29. The molecule has 1 aromatic carbocycles. The van der Waals surface area contributed by atoms with Crippen molar-refractivity contribution in [2.45, 2.75) is 130 Å². The summed E-state index contributed by atoms with van der Waals surface area (Å²) in [6.45, 7) is 15.3. The number of hydrogen-bond donors (Lipinski definition) is 0. The lowest BCUT2D eigenvalue weighted by Crippen LogP contribution is -2.54. The monoisotopic (exact) mass is 890 g/mol. The first-order valence-corrected chi connectivity index (χ1v) is 22.9. The molecule has 1 saturated heterocycles. The number of thiocarbonyl (C=S) groups is 1. The van der Waals surface area contributed by atoms with Gasteiger partial charge in [-0.05, 0) is 53.9 Å². The smallest absolute Gasteiger partial charge is 0.309 e. The number of carbonyl (C=O) groups is 5. The number of likely N-dealkylation sites (tertiary alicyclic amines) is 1. The van der Waals surface area contributed by atoms with Crippen molar-refractivity contribution in [1.82, 2.24) is 14.7 Å². The Balaban J connectivity index is 2.27. The third kappa shape index (κ3) is 15.7. The summed E-state index contributed by atoms with van der Waals surface area (Å²) < 4.78 is 27.9. The summed E-state index contributed by atoms with van der Waals surface area (Å²) in [4.78, 5) is 74.9. The van der Waals surface area contributed by atoms with Crippen molar-refractivity contribution < 1.29 is 47.7 Å². The highest BCUT2D eigenvalue weighted by molar-refractivity contribution is 7.80. The Bertz CT molecular complexity index is 1560. The van der Waals surface area contributed by atoms with Gasteiger partial charge in [0.2, 0.25) is 17.7 Å². The molecule has 1 heterocycles. The van der Waals surface area contributed by atoms with E-state index in [0.717, 1.165) is 24.8 Å². The molecule has 14 heteroatoms. The van der Waals surface area contributed by atoms with Gasteiger partial charge in [-0.25, -0.2) is 0 Å². The van der Waals surface area contributed by atoms with Crippen LogP contribution in [0.4, 0.5) is 0 Å². The third-order valence-corrected chi connectivity index (χ3v) is 13.4. The van der Waals surface area contributed by atoms with E-state index < -0.39 is 36.1 Å². The highest BCUT2D eigenvalue weighted by Gasteiger charge is 2.43. The van der Waals surface area contributed by atoms with Crippen molar-refractivity contribution in [3.8, 4) is 0 Å². The van der Waals surface area contributed by atoms with Crippen LogP contribution in [-0.4, -0.2) is 148 Å². The van der Waals surface area contributed by atoms with Crippen LogP contribution in [-0.2, 0) is 54.1 Å². The minimum absolute atomic E-state index is 0.0318. The maximum absolute atomic E-state index is 14.6. The van der Waals surface area contributed by atoms with E-state index in [1.807, 2.05) is 76.8 Å². The highest BCUT2D eigenvalue weighted by Crippen LogP contribution is 2.32. The van der Waals surface area contributed by atoms with Crippen molar-refractivity contribution in [2.24, 2.45) is 35.5 Å². The number of likely N-dealkylation sites (N-methyl/N-ethyl adjacent to an activating group) is 2. The van der Waals surface area contributed by atoms with Crippen molar-refractivity contribution in [3.05, 3.63) is 35.9 Å². The van der Waals surface area contributed by atoms with Gasteiger partial charge in [0.25, 0.3) is 0 Å². The van der Waals surface area contributed by atoms with Crippen molar-refractivity contribution in [2.75, 3.05) is 68.9 Å². The lowest BCUT2D eigenvalue weighted by Gasteiger charge is -2.41. The van der Waals surface area contributed by atoms with E-state index in [9.17, 15) is 24.0 Å². The Labute approximate surface area is 378 Å². The van der Waals surface area contributed by atoms with Crippen LogP contribution in [0.25, 0.3) is 0 Å². The van der Waals surface area contributed by atoms with Gasteiger partial charge in [-0.15, -0.1) is 0 Å². The predicted octanol–water partition coefficient (Wildman–Crippen LogP) is 6.47. The molecular formula is C48H79N3O10S. The quantitative estimate of drug-likeness (QED) is 0.0497. The Hall–Kier alpha value is -3.30.